The molecule has 0 aromatic carbocycles. The Hall–Kier alpha value is -1.10. The molecular formula is C14H27N3O2. The van der Waals surface area contributed by atoms with Gasteiger partial charge >= 0.3 is 0 Å². The lowest BCUT2D eigenvalue weighted by Crippen LogP contribution is -2.46. The van der Waals surface area contributed by atoms with Crippen molar-refractivity contribution in [2.75, 3.05) is 19.6 Å². The van der Waals surface area contributed by atoms with Gasteiger partial charge < -0.3 is 16.0 Å². The SMILES string of the molecule is CCC(=O)NC1CCN(C(=O)CC(CC)CN)CC1. The third kappa shape index (κ3) is 5.19. The number of rotatable bonds is 6. The maximum absolute atomic E-state index is 12.1. The molecule has 5 nitrogen and oxygen atoms in total. The summed E-state index contributed by atoms with van der Waals surface area (Å²) in [5.74, 6) is 0.599. The lowest BCUT2D eigenvalue weighted by Gasteiger charge is -2.33. The van der Waals surface area contributed by atoms with Crippen molar-refractivity contribution in [3.63, 3.8) is 0 Å². The fourth-order valence-electron chi connectivity index (χ4n) is 2.37. The van der Waals surface area contributed by atoms with Crippen LogP contribution in [0.25, 0.3) is 0 Å². The molecule has 1 rings (SSSR count). The maximum atomic E-state index is 12.1. The Morgan fingerprint density at radius 1 is 1.32 bits per heavy atom. The molecule has 110 valence electrons. The second kappa shape index (κ2) is 8.15. The molecule has 0 saturated carbocycles. The Balaban J connectivity index is 2.32. The number of amides is 2. The molecule has 3 N–H and O–H groups in total. The van der Waals surface area contributed by atoms with Gasteiger partial charge in [0, 0.05) is 32.0 Å². The molecule has 0 aromatic rings. The first-order valence-corrected chi connectivity index (χ1v) is 7.37. The van der Waals surface area contributed by atoms with Crippen LogP contribution in [-0.2, 0) is 9.59 Å². The highest BCUT2D eigenvalue weighted by Crippen LogP contribution is 2.15. The molecule has 1 heterocycles. The van der Waals surface area contributed by atoms with Crippen molar-refractivity contribution in [2.45, 2.75) is 52.0 Å². The summed E-state index contributed by atoms with van der Waals surface area (Å²) in [5.41, 5.74) is 5.64. The van der Waals surface area contributed by atoms with E-state index in [9.17, 15) is 9.59 Å². The van der Waals surface area contributed by atoms with Gasteiger partial charge in [-0.15, -0.1) is 0 Å². The predicted molar refractivity (Wildman–Crippen MR) is 75.5 cm³/mol. The van der Waals surface area contributed by atoms with Crippen molar-refractivity contribution in [2.24, 2.45) is 11.7 Å². The normalized spacial score (nSPS) is 18.2. The molecule has 0 radical (unpaired) electrons. The summed E-state index contributed by atoms with van der Waals surface area (Å²) in [6, 6.07) is 0.230. The fraction of sp³-hybridized carbons (Fsp3) is 0.857. The van der Waals surface area contributed by atoms with E-state index in [0.29, 0.717) is 25.3 Å². The van der Waals surface area contributed by atoms with Crippen molar-refractivity contribution < 1.29 is 9.59 Å². The molecule has 0 aromatic heterocycles. The van der Waals surface area contributed by atoms with Crippen LogP contribution in [0.3, 0.4) is 0 Å². The van der Waals surface area contributed by atoms with E-state index in [1.54, 1.807) is 0 Å². The summed E-state index contributed by atoms with van der Waals surface area (Å²) in [5, 5.41) is 2.99. The van der Waals surface area contributed by atoms with Crippen LogP contribution < -0.4 is 11.1 Å². The number of hydrogen-bond donors (Lipinski definition) is 2. The average molecular weight is 269 g/mol. The number of nitrogens with one attached hydrogen (secondary N) is 1. The third-order valence-corrected chi connectivity index (χ3v) is 3.91. The zero-order valence-corrected chi connectivity index (χ0v) is 12.2. The van der Waals surface area contributed by atoms with E-state index in [0.717, 1.165) is 32.4 Å². The third-order valence-electron chi connectivity index (χ3n) is 3.91. The van der Waals surface area contributed by atoms with E-state index < -0.39 is 0 Å². The van der Waals surface area contributed by atoms with E-state index in [4.69, 9.17) is 5.73 Å². The van der Waals surface area contributed by atoms with Crippen molar-refractivity contribution in [3.8, 4) is 0 Å². The van der Waals surface area contributed by atoms with Crippen LogP contribution in [0.5, 0.6) is 0 Å². The Labute approximate surface area is 115 Å². The van der Waals surface area contributed by atoms with Gasteiger partial charge in [0.2, 0.25) is 11.8 Å². The van der Waals surface area contributed by atoms with Crippen LogP contribution in [0.2, 0.25) is 0 Å². The van der Waals surface area contributed by atoms with Gasteiger partial charge in [-0.25, -0.2) is 0 Å². The van der Waals surface area contributed by atoms with Crippen LogP contribution >= 0.6 is 0 Å². The maximum Gasteiger partial charge on any atom is 0.222 e. The minimum Gasteiger partial charge on any atom is -0.353 e. The van der Waals surface area contributed by atoms with Crippen LogP contribution in [0.4, 0.5) is 0 Å². The number of piperidine rings is 1. The molecule has 1 aliphatic heterocycles. The molecule has 0 aliphatic carbocycles. The Morgan fingerprint density at radius 2 is 1.95 bits per heavy atom. The highest BCUT2D eigenvalue weighted by Gasteiger charge is 2.24. The van der Waals surface area contributed by atoms with Crippen molar-refractivity contribution in [3.05, 3.63) is 0 Å². The van der Waals surface area contributed by atoms with Crippen molar-refractivity contribution in [1.82, 2.24) is 10.2 Å². The quantitative estimate of drug-likeness (QED) is 0.751. The molecule has 1 fully saturated rings. The summed E-state index contributed by atoms with van der Waals surface area (Å²) in [6.07, 6.45) is 3.74. The molecule has 0 bridgehead atoms. The fourth-order valence-corrected chi connectivity index (χ4v) is 2.37. The Bertz CT molecular complexity index is 295. The number of likely N-dealkylation sites (tertiary alicyclic amines) is 1. The zero-order valence-electron chi connectivity index (χ0n) is 12.2. The lowest BCUT2D eigenvalue weighted by atomic mass is 9.99. The summed E-state index contributed by atoms with van der Waals surface area (Å²) >= 11 is 0. The number of hydrogen-bond acceptors (Lipinski definition) is 3. The smallest absolute Gasteiger partial charge is 0.222 e. The van der Waals surface area contributed by atoms with E-state index in [2.05, 4.69) is 12.2 Å². The van der Waals surface area contributed by atoms with E-state index in [1.807, 2.05) is 11.8 Å². The molecule has 1 unspecified atom stereocenters. The van der Waals surface area contributed by atoms with Gasteiger partial charge in [0.15, 0.2) is 0 Å². The summed E-state index contributed by atoms with van der Waals surface area (Å²) in [7, 11) is 0. The second-order valence-corrected chi connectivity index (χ2v) is 5.29. The van der Waals surface area contributed by atoms with Crippen molar-refractivity contribution >= 4 is 11.8 Å². The number of carbonyl (C=O) groups excluding carboxylic acids is 2. The second-order valence-electron chi connectivity index (χ2n) is 5.29. The predicted octanol–water partition coefficient (Wildman–Crippen LogP) is 0.879. The highest BCUT2D eigenvalue weighted by atomic mass is 16.2. The Kier molecular flexibility index (Phi) is 6.84. The minimum atomic E-state index is 0.0963. The van der Waals surface area contributed by atoms with Gasteiger partial charge in [0.05, 0.1) is 0 Å². The van der Waals surface area contributed by atoms with Gasteiger partial charge in [-0.3, -0.25) is 9.59 Å². The molecule has 1 saturated heterocycles. The van der Waals surface area contributed by atoms with Gasteiger partial charge in [-0.1, -0.05) is 20.3 Å². The summed E-state index contributed by atoms with van der Waals surface area (Å²) in [4.78, 5) is 25.3. The van der Waals surface area contributed by atoms with Crippen LogP contribution in [-0.4, -0.2) is 42.4 Å². The monoisotopic (exact) mass is 269 g/mol. The number of nitrogens with two attached hydrogens (primary N) is 1. The molecule has 2 amide bonds. The van der Waals surface area contributed by atoms with E-state index in [1.165, 1.54) is 0 Å². The zero-order chi connectivity index (χ0) is 14.3. The molecule has 5 heteroatoms. The van der Waals surface area contributed by atoms with Crippen LogP contribution in [0.15, 0.2) is 0 Å². The topological polar surface area (TPSA) is 75.4 Å². The summed E-state index contributed by atoms with van der Waals surface area (Å²) in [6.45, 7) is 5.98. The largest absolute Gasteiger partial charge is 0.353 e. The first-order valence-electron chi connectivity index (χ1n) is 7.37. The molecule has 1 atom stereocenters. The van der Waals surface area contributed by atoms with Gasteiger partial charge in [0.25, 0.3) is 0 Å². The first-order chi connectivity index (χ1) is 9.10. The first kappa shape index (κ1) is 16.0. The van der Waals surface area contributed by atoms with Crippen LogP contribution in [0.1, 0.15) is 46.0 Å². The van der Waals surface area contributed by atoms with Crippen LogP contribution in [0, 0.1) is 5.92 Å². The molecule has 0 spiro atoms. The average Bonchev–Trinajstić information content (AvgIpc) is 2.45. The highest BCUT2D eigenvalue weighted by molar-refractivity contribution is 5.77. The molecular weight excluding hydrogens is 242 g/mol. The summed E-state index contributed by atoms with van der Waals surface area (Å²) < 4.78 is 0. The minimum absolute atomic E-state index is 0.0963. The van der Waals surface area contributed by atoms with Gasteiger partial charge in [-0.2, -0.15) is 0 Å². The molecule has 1 aliphatic rings. The number of nitrogens with zero attached hydrogens (tertiary/aromatic N) is 1. The number of carbonyl (C=O) groups is 2. The molecule has 19 heavy (non-hydrogen) atoms. The van der Waals surface area contributed by atoms with Crippen molar-refractivity contribution in [1.29, 1.82) is 0 Å². The Morgan fingerprint density at radius 3 is 2.42 bits per heavy atom. The van der Waals surface area contributed by atoms with Gasteiger partial charge in [0.1, 0.15) is 0 Å². The standard InChI is InChI=1S/C14H27N3O2/c1-3-11(10-15)9-14(19)17-7-5-12(6-8-17)16-13(18)4-2/h11-12H,3-10,15H2,1-2H3,(H,16,18). The lowest BCUT2D eigenvalue weighted by molar-refractivity contribution is -0.133. The van der Waals surface area contributed by atoms with E-state index in [-0.39, 0.29) is 17.9 Å². The van der Waals surface area contributed by atoms with E-state index >= 15 is 0 Å². The van der Waals surface area contributed by atoms with Gasteiger partial charge in [-0.05, 0) is 25.3 Å².